The summed E-state index contributed by atoms with van der Waals surface area (Å²) >= 11 is 6.67. The first kappa shape index (κ1) is 28.2. The number of carbonyl (C=O) groups excluding carboxylic acids is 2. The number of hydrogen-bond donors (Lipinski definition) is 1. The van der Waals surface area contributed by atoms with Crippen LogP contribution < -0.4 is 14.8 Å². The number of methoxy groups -OCH3 is 1. The fraction of sp³-hybridized carbons (Fsp3) is 0.179. The summed E-state index contributed by atoms with van der Waals surface area (Å²) in [5.74, 6) is -0.495. The molecule has 0 aliphatic carbocycles. The molecule has 0 aromatic heterocycles. The Morgan fingerprint density at radius 3 is 2.46 bits per heavy atom. The first-order chi connectivity index (χ1) is 18.6. The van der Waals surface area contributed by atoms with Gasteiger partial charge >= 0.3 is 6.18 Å². The lowest BCUT2D eigenvalue weighted by molar-refractivity contribution is -0.137. The molecule has 0 saturated carbocycles. The number of benzene rings is 3. The number of halogens is 3. The highest BCUT2D eigenvalue weighted by Gasteiger charge is 2.36. The van der Waals surface area contributed by atoms with Gasteiger partial charge in [0, 0.05) is 0 Å². The summed E-state index contributed by atoms with van der Waals surface area (Å²) in [6.07, 6.45) is -2.93. The second-order valence-corrected chi connectivity index (χ2v) is 10.1. The maximum absolute atomic E-state index is 13.2. The predicted octanol–water partition coefficient (Wildman–Crippen LogP) is 6.69. The Labute approximate surface area is 232 Å². The number of para-hydroxylation sites is 1. The Morgan fingerprint density at radius 1 is 1.08 bits per heavy atom. The first-order valence-corrected chi connectivity index (χ1v) is 12.9. The van der Waals surface area contributed by atoms with Gasteiger partial charge in [0.05, 0.1) is 29.3 Å². The minimum absolute atomic E-state index is 0.208. The molecule has 1 aliphatic heterocycles. The fourth-order valence-electron chi connectivity index (χ4n) is 3.91. The van der Waals surface area contributed by atoms with Crippen LogP contribution in [0.1, 0.15) is 29.7 Å². The molecular formula is C28H23F3N2O4S2. The molecule has 3 aromatic rings. The number of thioether (sulfide) groups is 1. The molecule has 3 aromatic carbocycles. The summed E-state index contributed by atoms with van der Waals surface area (Å²) in [5, 5.41) is 2.23. The molecule has 1 heterocycles. The van der Waals surface area contributed by atoms with Crippen LogP contribution in [-0.4, -0.2) is 34.8 Å². The van der Waals surface area contributed by atoms with Gasteiger partial charge in [0.2, 0.25) is 0 Å². The molecule has 4 rings (SSSR count). The lowest BCUT2D eigenvalue weighted by Crippen LogP contribution is -2.30. The Bertz CT molecular complexity index is 1430. The summed E-state index contributed by atoms with van der Waals surface area (Å²) in [6.45, 7) is 1.37. The van der Waals surface area contributed by atoms with Crippen molar-refractivity contribution in [2.45, 2.75) is 19.1 Å². The van der Waals surface area contributed by atoms with Crippen molar-refractivity contribution >= 4 is 51.9 Å². The largest absolute Gasteiger partial charge is 0.493 e. The van der Waals surface area contributed by atoms with Crippen molar-refractivity contribution in [3.8, 4) is 11.5 Å². The van der Waals surface area contributed by atoms with E-state index in [1.807, 2.05) is 37.3 Å². The second kappa shape index (κ2) is 11.9. The van der Waals surface area contributed by atoms with Crippen molar-refractivity contribution < 1.29 is 32.2 Å². The molecule has 1 aliphatic rings. The zero-order chi connectivity index (χ0) is 28.2. The minimum atomic E-state index is -4.61. The minimum Gasteiger partial charge on any atom is -0.493 e. The van der Waals surface area contributed by atoms with Gasteiger partial charge < -0.3 is 14.8 Å². The lowest BCUT2D eigenvalue weighted by atomic mass is 10.1. The van der Waals surface area contributed by atoms with Crippen LogP contribution in [0.5, 0.6) is 11.5 Å². The van der Waals surface area contributed by atoms with E-state index in [4.69, 9.17) is 21.7 Å². The Kier molecular flexibility index (Phi) is 8.61. The predicted molar refractivity (Wildman–Crippen MR) is 148 cm³/mol. The van der Waals surface area contributed by atoms with Gasteiger partial charge in [-0.05, 0) is 48.4 Å². The summed E-state index contributed by atoms with van der Waals surface area (Å²) < 4.78 is 50.9. The SMILES string of the molecule is COc1cc(/C=C2\SC(=S)N([C@H](C)c3ccccc3)C2=O)ccc1OCC(=O)Nc1ccccc1C(F)(F)F. The number of alkyl halides is 3. The maximum Gasteiger partial charge on any atom is 0.418 e. The normalized spacial score (nSPS) is 15.4. The van der Waals surface area contributed by atoms with E-state index >= 15 is 0 Å². The molecule has 0 spiro atoms. The van der Waals surface area contributed by atoms with Crippen molar-refractivity contribution in [2.75, 3.05) is 19.0 Å². The third kappa shape index (κ3) is 6.61. The van der Waals surface area contributed by atoms with Crippen LogP contribution in [0.2, 0.25) is 0 Å². The van der Waals surface area contributed by atoms with Crippen LogP contribution in [0.25, 0.3) is 6.08 Å². The maximum atomic E-state index is 13.2. The van der Waals surface area contributed by atoms with Crippen LogP contribution in [0.15, 0.2) is 77.7 Å². The third-order valence-corrected chi connectivity index (χ3v) is 7.17. The van der Waals surface area contributed by atoms with E-state index in [2.05, 4.69) is 5.32 Å². The number of rotatable bonds is 8. The summed E-state index contributed by atoms with van der Waals surface area (Å²) in [5.41, 5.74) is 0.281. The number of ether oxygens (including phenoxy) is 2. The van der Waals surface area contributed by atoms with E-state index in [1.165, 1.54) is 37.1 Å². The molecule has 1 atom stereocenters. The Balaban J connectivity index is 1.44. The molecule has 39 heavy (non-hydrogen) atoms. The molecule has 1 N–H and O–H groups in total. The van der Waals surface area contributed by atoms with Crippen molar-refractivity contribution in [3.63, 3.8) is 0 Å². The Hall–Kier alpha value is -3.83. The van der Waals surface area contributed by atoms with Crippen molar-refractivity contribution in [1.82, 2.24) is 4.90 Å². The van der Waals surface area contributed by atoms with E-state index in [0.29, 0.717) is 14.8 Å². The molecule has 0 radical (unpaired) electrons. The highest BCUT2D eigenvalue weighted by Crippen LogP contribution is 2.39. The first-order valence-electron chi connectivity index (χ1n) is 11.7. The van der Waals surface area contributed by atoms with Crippen LogP contribution in [-0.2, 0) is 15.8 Å². The monoisotopic (exact) mass is 572 g/mol. The van der Waals surface area contributed by atoms with Gasteiger partial charge in [-0.2, -0.15) is 13.2 Å². The molecule has 1 saturated heterocycles. The molecule has 0 unspecified atom stereocenters. The van der Waals surface area contributed by atoms with Crippen LogP contribution in [0.3, 0.4) is 0 Å². The van der Waals surface area contributed by atoms with Gasteiger partial charge in [-0.1, -0.05) is 72.5 Å². The Morgan fingerprint density at radius 2 is 1.77 bits per heavy atom. The highest BCUT2D eigenvalue weighted by atomic mass is 32.2. The topological polar surface area (TPSA) is 67.9 Å². The number of amides is 2. The zero-order valence-corrected chi connectivity index (χ0v) is 22.5. The van der Waals surface area contributed by atoms with E-state index in [9.17, 15) is 22.8 Å². The smallest absolute Gasteiger partial charge is 0.418 e. The molecular weight excluding hydrogens is 549 g/mol. The molecule has 2 amide bonds. The average molecular weight is 573 g/mol. The van der Waals surface area contributed by atoms with Gasteiger partial charge in [0.25, 0.3) is 11.8 Å². The summed E-state index contributed by atoms with van der Waals surface area (Å²) in [6, 6.07) is 18.9. The van der Waals surface area contributed by atoms with E-state index in [1.54, 1.807) is 29.2 Å². The molecule has 6 nitrogen and oxygen atoms in total. The summed E-state index contributed by atoms with van der Waals surface area (Å²) in [4.78, 5) is 27.5. The van der Waals surface area contributed by atoms with E-state index in [0.717, 1.165) is 11.6 Å². The van der Waals surface area contributed by atoms with Gasteiger partial charge in [0.1, 0.15) is 4.32 Å². The average Bonchev–Trinajstić information content (AvgIpc) is 3.19. The van der Waals surface area contributed by atoms with E-state index < -0.39 is 24.3 Å². The van der Waals surface area contributed by atoms with Gasteiger partial charge in [0.15, 0.2) is 18.1 Å². The van der Waals surface area contributed by atoms with Crippen LogP contribution >= 0.6 is 24.0 Å². The fourth-order valence-corrected chi connectivity index (χ4v) is 5.33. The molecule has 0 bridgehead atoms. The number of nitrogens with one attached hydrogen (secondary N) is 1. The van der Waals surface area contributed by atoms with E-state index in [-0.39, 0.29) is 29.1 Å². The number of hydrogen-bond acceptors (Lipinski definition) is 6. The molecule has 202 valence electrons. The second-order valence-electron chi connectivity index (χ2n) is 8.43. The quantitative estimate of drug-likeness (QED) is 0.240. The number of nitrogens with zero attached hydrogens (tertiary/aromatic N) is 1. The molecule has 1 fully saturated rings. The van der Waals surface area contributed by atoms with Gasteiger partial charge in [-0.3, -0.25) is 14.5 Å². The summed E-state index contributed by atoms with van der Waals surface area (Å²) in [7, 11) is 1.41. The number of anilines is 1. The van der Waals surface area contributed by atoms with Gasteiger partial charge in [-0.25, -0.2) is 0 Å². The van der Waals surface area contributed by atoms with Crippen LogP contribution in [0.4, 0.5) is 18.9 Å². The third-order valence-electron chi connectivity index (χ3n) is 5.84. The van der Waals surface area contributed by atoms with Crippen molar-refractivity contribution in [3.05, 3.63) is 94.4 Å². The number of thiocarbonyl (C=S) groups is 1. The molecule has 11 heteroatoms. The standard InChI is InChI=1S/C28H23F3N2O4S2/c1-17(19-8-4-3-5-9-19)33-26(35)24(39-27(33)38)15-18-12-13-22(23(14-18)36-2)37-16-25(34)32-21-11-7-6-10-20(21)28(29,30)31/h3-15,17H,16H2,1-2H3,(H,32,34)/b24-15-/t17-/m1/s1. The lowest BCUT2D eigenvalue weighted by Gasteiger charge is -2.23. The van der Waals surface area contributed by atoms with Crippen LogP contribution in [0, 0.1) is 0 Å². The number of carbonyl (C=O) groups is 2. The highest BCUT2D eigenvalue weighted by molar-refractivity contribution is 8.26. The zero-order valence-electron chi connectivity index (χ0n) is 20.8. The van der Waals surface area contributed by atoms with Crippen molar-refractivity contribution in [1.29, 1.82) is 0 Å². The van der Waals surface area contributed by atoms with Gasteiger partial charge in [-0.15, -0.1) is 0 Å². The van der Waals surface area contributed by atoms with Crippen molar-refractivity contribution in [2.24, 2.45) is 0 Å².